The number of benzene rings is 1. The maximum atomic E-state index is 5.98. The molecule has 0 bridgehead atoms. The number of aryl methyl sites for hydroxylation is 2. The molecular weight excluding hydrogens is 332 g/mol. The van der Waals surface area contributed by atoms with Crippen LogP contribution < -0.4 is 4.90 Å². The fraction of sp³-hybridized carbons (Fsp3) is 0.550. The molecule has 5 heteroatoms. The third-order valence-corrected chi connectivity index (χ3v) is 5.78. The fourth-order valence-corrected chi connectivity index (χ4v) is 4.17. The highest BCUT2D eigenvalue weighted by Gasteiger charge is 2.18. The van der Waals surface area contributed by atoms with Crippen molar-refractivity contribution in [3.8, 4) is 0 Å². The van der Waals surface area contributed by atoms with Gasteiger partial charge in [0.25, 0.3) is 0 Å². The van der Waals surface area contributed by atoms with Gasteiger partial charge in [0.15, 0.2) is 0 Å². The van der Waals surface area contributed by atoms with Crippen LogP contribution in [-0.4, -0.2) is 47.2 Å². The minimum Gasteiger partial charge on any atom is -0.369 e. The van der Waals surface area contributed by atoms with E-state index >= 15 is 0 Å². The molecule has 0 radical (unpaired) electrons. The Bertz CT molecular complexity index is 686. The Balaban J connectivity index is 1.23. The van der Waals surface area contributed by atoms with E-state index in [-0.39, 0.29) is 0 Å². The van der Waals surface area contributed by atoms with Crippen LogP contribution in [-0.2, 0) is 19.4 Å². The second-order valence-electron chi connectivity index (χ2n) is 7.18. The van der Waals surface area contributed by atoms with Crippen molar-refractivity contribution in [3.05, 3.63) is 47.0 Å². The van der Waals surface area contributed by atoms with Crippen molar-refractivity contribution in [2.45, 2.75) is 38.6 Å². The van der Waals surface area contributed by atoms with Gasteiger partial charge in [-0.25, -0.2) is 4.98 Å². The average Bonchev–Trinajstić information content (AvgIpc) is 3.06. The van der Waals surface area contributed by atoms with E-state index in [4.69, 9.17) is 11.6 Å². The summed E-state index contributed by atoms with van der Waals surface area (Å²) in [5.74, 6) is 1.30. The molecule has 3 heterocycles. The maximum Gasteiger partial charge on any atom is 0.108 e. The van der Waals surface area contributed by atoms with E-state index in [1.54, 1.807) is 0 Å². The molecule has 2 aliphatic rings. The molecular formula is C20H27ClN4. The largest absolute Gasteiger partial charge is 0.369 e. The van der Waals surface area contributed by atoms with Gasteiger partial charge >= 0.3 is 0 Å². The number of hydrogen-bond acceptors (Lipinski definition) is 3. The zero-order chi connectivity index (χ0) is 17.1. The van der Waals surface area contributed by atoms with E-state index in [9.17, 15) is 0 Å². The minimum absolute atomic E-state index is 0.810. The van der Waals surface area contributed by atoms with Crippen LogP contribution in [0, 0.1) is 0 Å². The summed E-state index contributed by atoms with van der Waals surface area (Å²) in [6, 6.07) is 8.21. The maximum absolute atomic E-state index is 5.98. The van der Waals surface area contributed by atoms with Crippen molar-refractivity contribution in [2.75, 3.05) is 37.6 Å². The number of rotatable bonds is 5. The van der Waals surface area contributed by atoms with Crippen molar-refractivity contribution >= 4 is 17.3 Å². The van der Waals surface area contributed by atoms with Gasteiger partial charge in [0.2, 0.25) is 0 Å². The SMILES string of the molecule is Clc1ccc(N2CCN(CCCc3cnc4n3CCCC4)CC2)cc1. The number of anilines is 1. The predicted octanol–water partition coefficient (Wildman–Crippen LogP) is 3.63. The number of hydrogen-bond donors (Lipinski definition) is 0. The topological polar surface area (TPSA) is 24.3 Å². The van der Waals surface area contributed by atoms with Crippen LogP contribution in [0.1, 0.15) is 30.8 Å². The number of halogens is 1. The molecule has 1 saturated heterocycles. The molecule has 1 aromatic heterocycles. The molecule has 134 valence electrons. The molecule has 2 aromatic rings. The number of aromatic nitrogens is 2. The summed E-state index contributed by atoms with van der Waals surface area (Å²) in [7, 11) is 0. The zero-order valence-corrected chi connectivity index (χ0v) is 15.6. The summed E-state index contributed by atoms with van der Waals surface area (Å²) in [6.45, 7) is 6.85. The molecule has 4 rings (SSSR count). The third-order valence-electron chi connectivity index (χ3n) is 5.52. The summed E-state index contributed by atoms with van der Waals surface area (Å²) >= 11 is 5.98. The van der Waals surface area contributed by atoms with Gasteiger partial charge in [0.05, 0.1) is 0 Å². The quantitative estimate of drug-likeness (QED) is 0.815. The fourth-order valence-electron chi connectivity index (χ4n) is 4.04. The first kappa shape index (κ1) is 16.9. The normalized spacial score (nSPS) is 18.4. The standard InChI is InChI=1S/C20H27ClN4/c21-17-6-8-18(9-7-17)24-14-12-23(13-15-24)10-3-4-19-16-22-20-5-1-2-11-25(19)20/h6-9,16H,1-5,10-15H2. The number of imidazole rings is 1. The summed E-state index contributed by atoms with van der Waals surface area (Å²) in [5, 5.41) is 0.810. The highest BCUT2D eigenvalue weighted by atomic mass is 35.5. The molecule has 25 heavy (non-hydrogen) atoms. The lowest BCUT2D eigenvalue weighted by molar-refractivity contribution is 0.254. The Morgan fingerprint density at radius 1 is 0.960 bits per heavy atom. The summed E-state index contributed by atoms with van der Waals surface area (Å²) in [5.41, 5.74) is 2.73. The molecule has 0 amide bonds. The monoisotopic (exact) mass is 358 g/mol. The Kier molecular flexibility index (Phi) is 5.28. The van der Waals surface area contributed by atoms with Crippen LogP contribution in [0.5, 0.6) is 0 Å². The van der Waals surface area contributed by atoms with Crippen molar-refractivity contribution in [1.29, 1.82) is 0 Å². The highest BCUT2D eigenvalue weighted by molar-refractivity contribution is 6.30. The Morgan fingerprint density at radius 2 is 1.76 bits per heavy atom. The van der Waals surface area contributed by atoms with Gasteiger partial charge in [-0.2, -0.15) is 0 Å². The third kappa shape index (κ3) is 4.01. The van der Waals surface area contributed by atoms with Gasteiger partial charge < -0.3 is 9.47 Å². The van der Waals surface area contributed by atoms with Gasteiger partial charge in [0.1, 0.15) is 5.82 Å². The Labute approximate surface area is 155 Å². The average molecular weight is 359 g/mol. The van der Waals surface area contributed by atoms with Gasteiger partial charge in [-0.15, -0.1) is 0 Å². The van der Waals surface area contributed by atoms with Crippen LogP contribution in [0.15, 0.2) is 30.5 Å². The number of nitrogens with zero attached hydrogens (tertiary/aromatic N) is 4. The molecule has 4 nitrogen and oxygen atoms in total. The second-order valence-corrected chi connectivity index (χ2v) is 7.62. The Morgan fingerprint density at radius 3 is 2.56 bits per heavy atom. The Hall–Kier alpha value is -1.52. The van der Waals surface area contributed by atoms with Crippen LogP contribution in [0.25, 0.3) is 0 Å². The lowest BCUT2D eigenvalue weighted by Gasteiger charge is -2.36. The molecule has 1 fully saturated rings. The van der Waals surface area contributed by atoms with Gasteiger partial charge in [-0.1, -0.05) is 11.6 Å². The van der Waals surface area contributed by atoms with Crippen LogP contribution in [0.2, 0.25) is 5.02 Å². The first-order valence-corrected chi connectivity index (χ1v) is 9.93. The summed E-state index contributed by atoms with van der Waals surface area (Å²) in [6.07, 6.45) is 8.26. The van der Waals surface area contributed by atoms with E-state index in [0.29, 0.717) is 0 Å². The molecule has 1 aromatic carbocycles. The molecule has 0 atom stereocenters. The second kappa shape index (κ2) is 7.79. The summed E-state index contributed by atoms with van der Waals surface area (Å²) < 4.78 is 2.46. The van der Waals surface area contributed by atoms with Gasteiger partial charge in [-0.05, 0) is 56.5 Å². The zero-order valence-electron chi connectivity index (χ0n) is 14.8. The van der Waals surface area contributed by atoms with E-state index in [1.165, 1.54) is 49.6 Å². The van der Waals surface area contributed by atoms with E-state index in [0.717, 1.165) is 44.0 Å². The summed E-state index contributed by atoms with van der Waals surface area (Å²) in [4.78, 5) is 9.66. The van der Waals surface area contributed by atoms with Crippen molar-refractivity contribution in [3.63, 3.8) is 0 Å². The van der Waals surface area contributed by atoms with E-state index in [1.807, 2.05) is 12.1 Å². The van der Waals surface area contributed by atoms with Crippen molar-refractivity contribution < 1.29 is 0 Å². The molecule has 2 aliphatic heterocycles. The number of piperazine rings is 1. The van der Waals surface area contributed by atoms with Gasteiger partial charge in [0, 0.05) is 61.7 Å². The first-order chi connectivity index (χ1) is 12.3. The molecule has 0 aliphatic carbocycles. The lowest BCUT2D eigenvalue weighted by atomic mass is 10.1. The molecule has 0 N–H and O–H groups in total. The molecule has 0 spiro atoms. The van der Waals surface area contributed by atoms with E-state index in [2.05, 4.69) is 37.7 Å². The highest BCUT2D eigenvalue weighted by Crippen LogP contribution is 2.20. The lowest BCUT2D eigenvalue weighted by Crippen LogP contribution is -2.46. The van der Waals surface area contributed by atoms with E-state index < -0.39 is 0 Å². The van der Waals surface area contributed by atoms with Crippen LogP contribution in [0.4, 0.5) is 5.69 Å². The van der Waals surface area contributed by atoms with Crippen molar-refractivity contribution in [1.82, 2.24) is 14.5 Å². The van der Waals surface area contributed by atoms with Gasteiger partial charge in [-0.3, -0.25) is 4.90 Å². The number of fused-ring (bicyclic) bond motifs is 1. The molecule has 0 unspecified atom stereocenters. The predicted molar refractivity (Wildman–Crippen MR) is 104 cm³/mol. The molecule has 0 saturated carbocycles. The van der Waals surface area contributed by atoms with Crippen LogP contribution >= 0.6 is 11.6 Å². The van der Waals surface area contributed by atoms with Crippen LogP contribution in [0.3, 0.4) is 0 Å². The minimum atomic E-state index is 0.810. The van der Waals surface area contributed by atoms with Crippen molar-refractivity contribution in [2.24, 2.45) is 0 Å². The first-order valence-electron chi connectivity index (χ1n) is 9.56. The smallest absolute Gasteiger partial charge is 0.108 e.